The molecular weight excluding hydrogens is 459 g/mol. The molecule has 0 fully saturated rings. The maximum absolute atomic E-state index is 12.9. The highest BCUT2D eigenvalue weighted by molar-refractivity contribution is 6.43. The number of fused-ring (bicyclic) bond motifs is 1. The lowest BCUT2D eigenvalue weighted by Gasteiger charge is -2.12. The summed E-state index contributed by atoms with van der Waals surface area (Å²) >= 11 is 18.6. The summed E-state index contributed by atoms with van der Waals surface area (Å²) in [6.45, 7) is -0.0484. The highest BCUT2D eigenvalue weighted by atomic mass is 35.5. The summed E-state index contributed by atoms with van der Waals surface area (Å²) in [5, 5.41) is 3.71. The second-order valence-corrected chi connectivity index (χ2v) is 7.91. The Kier molecular flexibility index (Phi) is 5.87. The molecule has 0 radical (unpaired) electrons. The summed E-state index contributed by atoms with van der Waals surface area (Å²) < 4.78 is 1.76. The number of nitrogens with two attached hydrogens (primary N) is 1. The molecule has 0 aliphatic carbocycles. The fourth-order valence-electron chi connectivity index (χ4n) is 3.25. The first-order valence-corrected chi connectivity index (χ1v) is 10.3. The zero-order valence-corrected chi connectivity index (χ0v) is 18.2. The van der Waals surface area contributed by atoms with Gasteiger partial charge in [-0.05, 0) is 42.5 Å². The van der Waals surface area contributed by atoms with E-state index in [2.05, 4.69) is 10.3 Å². The number of anilines is 1. The van der Waals surface area contributed by atoms with Crippen molar-refractivity contribution in [3.8, 4) is 11.4 Å². The first kappa shape index (κ1) is 21.2. The average molecular weight is 474 g/mol. The van der Waals surface area contributed by atoms with Crippen LogP contribution in [0.5, 0.6) is 0 Å². The third kappa shape index (κ3) is 4.23. The van der Waals surface area contributed by atoms with Crippen molar-refractivity contribution >= 4 is 63.3 Å². The number of amides is 2. The summed E-state index contributed by atoms with van der Waals surface area (Å²) in [7, 11) is 0. The largest absolute Gasteiger partial charge is 0.366 e. The van der Waals surface area contributed by atoms with Crippen LogP contribution in [-0.2, 0) is 11.3 Å². The van der Waals surface area contributed by atoms with E-state index in [9.17, 15) is 9.59 Å². The monoisotopic (exact) mass is 472 g/mol. The van der Waals surface area contributed by atoms with Crippen molar-refractivity contribution in [2.75, 3.05) is 5.32 Å². The van der Waals surface area contributed by atoms with Crippen molar-refractivity contribution in [3.63, 3.8) is 0 Å². The third-order valence-electron chi connectivity index (χ3n) is 4.66. The van der Waals surface area contributed by atoms with Crippen LogP contribution in [-0.4, -0.2) is 21.4 Å². The van der Waals surface area contributed by atoms with Crippen molar-refractivity contribution in [2.45, 2.75) is 6.54 Å². The number of hydrogen-bond acceptors (Lipinski definition) is 3. The summed E-state index contributed by atoms with van der Waals surface area (Å²) in [5.74, 6) is -0.502. The molecule has 3 aromatic carbocycles. The van der Waals surface area contributed by atoms with Crippen LogP contribution >= 0.6 is 34.8 Å². The fraction of sp³-hybridized carbons (Fsp3) is 0.0455. The first-order valence-electron chi connectivity index (χ1n) is 9.14. The first-order chi connectivity index (χ1) is 14.8. The second-order valence-electron chi connectivity index (χ2n) is 6.72. The predicted molar refractivity (Wildman–Crippen MR) is 124 cm³/mol. The zero-order valence-electron chi connectivity index (χ0n) is 15.9. The van der Waals surface area contributed by atoms with E-state index in [0.29, 0.717) is 32.6 Å². The number of nitrogens with zero attached hydrogens (tertiary/aromatic N) is 2. The maximum atomic E-state index is 12.9. The molecule has 0 spiro atoms. The molecule has 2 amide bonds. The number of carbonyl (C=O) groups excluding carboxylic acids is 2. The number of halogens is 3. The van der Waals surface area contributed by atoms with Crippen molar-refractivity contribution in [2.24, 2.45) is 5.73 Å². The molecular formula is C22H15Cl3N4O2. The van der Waals surface area contributed by atoms with E-state index in [0.717, 1.165) is 5.52 Å². The van der Waals surface area contributed by atoms with Crippen molar-refractivity contribution in [1.82, 2.24) is 9.55 Å². The van der Waals surface area contributed by atoms with Gasteiger partial charge in [0.1, 0.15) is 12.4 Å². The minimum absolute atomic E-state index is 0.0484. The number of aromatic nitrogens is 2. The van der Waals surface area contributed by atoms with E-state index in [1.165, 1.54) is 12.1 Å². The number of nitrogens with one attached hydrogen (secondary N) is 1. The van der Waals surface area contributed by atoms with Crippen LogP contribution in [0.3, 0.4) is 0 Å². The molecule has 0 atom stereocenters. The van der Waals surface area contributed by atoms with E-state index >= 15 is 0 Å². The molecule has 0 aliphatic heterocycles. The molecule has 156 valence electrons. The molecule has 0 saturated heterocycles. The van der Waals surface area contributed by atoms with Gasteiger partial charge in [-0.1, -0.05) is 53.0 Å². The lowest BCUT2D eigenvalue weighted by Crippen LogP contribution is -2.20. The molecule has 3 N–H and O–H groups in total. The Bertz CT molecular complexity index is 1330. The van der Waals surface area contributed by atoms with Crippen molar-refractivity contribution in [1.29, 1.82) is 0 Å². The lowest BCUT2D eigenvalue weighted by molar-refractivity contribution is -0.116. The summed E-state index contributed by atoms with van der Waals surface area (Å²) in [6, 6.07) is 17.2. The molecule has 9 heteroatoms. The van der Waals surface area contributed by atoms with Gasteiger partial charge in [0.25, 0.3) is 0 Å². The minimum atomic E-state index is -0.681. The molecule has 31 heavy (non-hydrogen) atoms. The Morgan fingerprint density at radius 2 is 1.74 bits per heavy atom. The normalized spacial score (nSPS) is 10.9. The summed E-state index contributed by atoms with van der Waals surface area (Å²) in [5.41, 5.74) is 7.93. The standard InChI is InChI=1S/C22H15Cl3N4O2/c23-15-9-8-12(10-14(15)21(26)31)27-19(30)11-29-18-7-2-1-6-17(18)28-22(29)13-4-3-5-16(24)20(13)25/h1-10H,11H2,(H2,26,31)(H,27,30). The maximum Gasteiger partial charge on any atom is 0.250 e. The fourth-order valence-corrected chi connectivity index (χ4v) is 3.85. The SMILES string of the molecule is NC(=O)c1cc(NC(=O)Cn2c(-c3cccc(Cl)c3Cl)nc3ccccc32)ccc1Cl. The average Bonchev–Trinajstić information content (AvgIpc) is 3.09. The molecule has 0 unspecified atom stereocenters. The molecule has 0 saturated carbocycles. The highest BCUT2D eigenvalue weighted by Gasteiger charge is 2.18. The topological polar surface area (TPSA) is 90.0 Å². The van der Waals surface area contributed by atoms with Crippen LogP contribution in [0.4, 0.5) is 5.69 Å². The number of rotatable bonds is 5. The van der Waals surface area contributed by atoms with Gasteiger partial charge < -0.3 is 15.6 Å². The Morgan fingerprint density at radius 1 is 0.968 bits per heavy atom. The van der Waals surface area contributed by atoms with Gasteiger partial charge in [-0.15, -0.1) is 0 Å². The lowest BCUT2D eigenvalue weighted by atomic mass is 10.2. The van der Waals surface area contributed by atoms with Crippen LogP contribution in [0.1, 0.15) is 10.4 Å². The number of benzene rings is 3. The van der Waals surface area contributed by atoms with Gasteiger partial charge in [0.2, 0.25) is 11.8 Å². The Morgan fingerprint density at radius 3 is 2.52 bits per heavy atom. The van der Waals surface area contributed by atoms with Crippen LogP contribution in [0.15, 0.2) is 60.7 Å². The number of hydrogen-bond donors (Lipinski definition) is 2. The zero-order chi connectivity index (χ0) is 22.1. The third-order valence-corrected chi connectivity index (χ3v) is 5.81. The van der Waals surface area contributed by atoms with Crippen LogP contribution in [0, 0.1) is 0 Å². The van der Waals surface area contributed by atoms with Gasteiger partial charge in [0, 0.05) is 11.3 Å². The predicted octanol–water partition coefficient (Wildman–Crippen LogP) is 5.40. The van der Waals surface area contributed by atoms with E-state index in [-0.39, 0.29) is 23.0 Å². The number of imidazole rings is 1. The Labute approximate surface area is 192 Å². The van der Waals surface area contributed by atoms with E-state index < -0.39 is 5.91 Å². The van der Waals surface area contributed by atoms with Crippen molar-refractivity contribution in [3.05, 3.63) is 81.3 Å². The summed E-state index contributed by atoms with van der Waals surface area (Å²) in [4.78, 5) is 29.0. The minimum Gasteiger partial charge on any atom is -0.366 e. The van der Waals surface area contributed by atoms with Crippen LogP contribution in [0.25, 0.3) is 22.4 Å². The summed E-state index contributed by atoms with van der Waals surface area (Å²) in [6.07, 6.45) is 0. The Hall–Kier alpha value is -3.06. The van der Waals surface area contributed by atoms with Gasteiger partial charge in [-0.2, -0.15) is 0 Å². The van der Waals surface area contributed by atoms with Gasteiger partial charge in [0.15, 0.2) is 0 Å². The van der Waals surface area contributed by atoms with Gasteiger partial charge in [0.05, 0.1) is 31.7 Å². The molecule has 6 nitrogen and oxygen atoms in total. The van der Waals surface area contributed by atoms with E-state index in [1.54, 1.807) is 28.8 Å². The molecule has 0 bridgehead atoms. The molecule has 0 aliphatic rings. The molecule has 1 aromatic heterocycles. The van der Waals surface area contributed by atoms with Crippen LogP contribution < -0.4 is 11.1 Å². The number of carbonyl (C=O) groups is 2. The molecule has 1 heterocycles. The quantitative estimate of drug-likeness (QED) is 0.406. The second kappa shape index (κ2) is 8.59. The smallest absolute Gasteiger partial charge is 0.250 e. The molecule has 4 aromatic rings. The van der Waals surface area contributed by atoms with Crippen LogP contribution in [0.2, 0.25) is 15.1 Å². The van der Waals surface area contributed by atoms with Gasteiger partial charge >= 0.3 is 0 Å². The molecule has 4 rings (SSSR count). The van der Waals surface area contributed by atoms with Crippen molar-refractivity contribution < 1.29 is 9.59 Å². The van der Waals surface area contributed by atoms with E-state index in [4.69, 9.17) is 40.5 Å². The highest BCUT2D eigenvalue weighted by Crippen LogP contribution is 2.34. The number of para-hydroxylation sites is 2. The Balaban J connectivity index is 1.71. The van der Waals surface area contributed by atoms with Gasteiger partial charge in [-0.25, -0.2) is 4.98 Å². The van der Waals surface area contributed by atoms with E-state index in [1.807, 2.05) is 24.3 Å². The number of primary amides is 1. The van der Waals surface area contributed by atoms with Gasteiger partial charge in [-0.3, -0.25) is 9.59 Å².